The molecule has 1 N–H and O–H groups in total. The lowest BCUT2D eigenvalue weighted by atomic mass is 10.3. The Balaban J connectivity index is 1.58. The molecule has 0 atom stereocenters. The lowest BCUT2D eigenvalue weighted by Crippen LogP contribution is -2.32. The number of halogens is 2. The standard InChI is InChI=1S/C14H11Cl2N3O3S2/c15-9-5-7(13(16)24-9)8-6-23-14(17-8)18-10(20)3-4-19-11(21)1-2-12(19)22/h5-6H,1-4H2,(H,17,18,20). The normalized spacial score (nSPS) is 14.5. The molecule has 3 amide bonds. The van der Waals surface area contributed by atoms with Gasteiger partial charge in [-0.3, -0.25) is 19.3 Å². The molecule has 0 bridgehead atoms. The molecule has 0 spiro atoms. The van der Waals surface area contributed by atoms with Gasteiger partial charge in [0.2, 0.25) is 17.7 Å². The molecule has 2 aromatic rings. The fourth-order valence-electron chi connectivity index (χ4n) is 2.24. The van der Waals surface area contributed by atoms with Crippen molar-refractivity contribution in [1.82, 2.24) is 9.88 Å². The van der Waals surface area contributed by atoms with Crippen LogP contribution in [-0.2, 0) is 14.4 Å². The summed E-state index contributed by atoms with van der Waals surface area (Å²) in [5, 5.41) is 4.85. The molecule has 1 fully saturated rings. The van der Waals surface area contributed by atoms with Crippen molar-refractivity contribution in [1.29, 1.82) is 0 Å². The molecule has 10 heteroatoms. The molecule has 3 heterocycles. The molecule has 6 nitrogen and oxygen atoms in total. The molecule has 24 heavy (non-hydrogen) atoms. The van der Waals surface area contributed by atoms with Crippen molar-refractivity contribution in [3.63, 3.8) is 0 Å². The number of anilines is 1. The zero-order valence-corrected chi connectivity index (χ0v) is 15.3. The van der Waals surface area contributed by atoms with Gasteiger partial charge in [0.25, 0.3) is 0 Å². The molecule has 0 saturated carbocycles. The summed E-state index contributed by atoms with van der Waals surface area (Å²) in [6.45, 7) is 0.0910. The number of likely N-dealkylation sites (tertiary alicyclic amines) is 1. The van der Waals surface area contributed by atoms with Crippen molar-refractivity contribution >= 4 is 68.7 Å². The summed E-state index contributed by atoms with van der Waals surface area (Å²) in [6.07, 6.45) is 0.484. The average Bonchev–Trinajstić information content (AvgIpc) is 3.18. The van der Waals surface area contributed by atoms with Gasteiger partial charge < -0.3 is 5.32 Å². The average molecular weight is 404 g/mol. The van der Waals surface area contributed by atoms with Crippen LogP contribution >= 0.6 is 45.9 Å². The Morgan fingerprint density at radius 1 is 1.29 bits per heavy atom. The Morgan fingerprint density at radius 3 is 2.62 bits per heavy atom. The van der Waals surface area contributed by atoms with E-state index in [9.17, 15) is 14.4 Å². The van der Waals surface area contributed by atoms with Gasteiger partial charge in [-0.05, 0) is 6.07 Å². The fourth-order valence-corrected chi connectivity index (χ4v) is 4.45. The van der Waals surface area contributed by atoms with Gasteiger partial charge in [-0.15, -0.1) is 22.7 Å². The molecule has 1 aliphatic heterocycles. The monoisotopic (exact) mass is 403 g/mol. The Labute approximate surface area is 155 Å². The highest BCUT2D eigenvalue weighted by molar-refractivity contribution is 7.20. The lowest BCUT2D eigenvalue weighted by Gasteiger charge is -2.12. The molecule has 126 valence electrons. The Bertz CT molecular complexity index is 802. The maximum Gasteiger partial charge on any atom is 0.229 e. The van der Waals surface area contributed by atoms with Gasteiger partial charge in [-0.25, -0.2) is 4.98 Å². The van der Waals surface area contributed by atoms with Crippen LogP contribution in [0.2, 0.25) is 8.67 Å². The first-order valence-electron chi connectivity index (χ1n) is 6.98. The number of hydrogen-bond acceptors (Lipinski definition) is 6. The lowest BCUT2D eigenvalue weighted by molar-refractivity contribution is -0.138. The highest BCUT2D eigenvalue weighted by atomic mass is 35.5. The third-order valence-electron chi connectivity index (χ3n) is 3.40. The fraction of sp³-hybridized carbons (Fsp3) is 0.286. The summed E-state index contributed by atoms with van der Waals surface area (Å²) in [6, 6.07) is 1.72. The van der Waals surface area contributed by atoms with E-state index >= 15 is 0 Å². The first kappa shape index (κ1) is 17.3. The van der Waals surface area contributed by atoms with Gasteiger partial charge in [0.05, 0.1) is 10.0 Å². The molecule has 0 aliphatic carbocycles. The van der Waals surface area contributed by atoms with Crippen LogP contribution in [0.1, 0.15) is 19.3 Å². The number of carbonyl (C=O) groups is 3. The van der Waals surface area contributed by atoms with Gasteiger partial charge in [0.15, 0.2) is 5.13 Å². The second-order valence-electron chi connectivity index (χ2n) is 5.01. The molecule has 1 saturated heterocycles. The zero-order valence-electron chi connectivity index (χ0n) is 12.2. The van der Waals surface area contributed by atoms with E-state index in [-0.39, 0.29) is 43.5 Å². The van der Waals surface area contributed by atoms with Crippen LogP contribution in [0.5, 0.6) is 0 Å². The van der Waals surface area contributed by atoms with Gasteiger partial charge >= 0.3 is 0 Å². The number of amides is 3. The number of imide groups is 1. The third kappa shape index (κ3) is 3.77. The van der Waals surface area contributed by atoms with Crippen LogP contribution in [0.3, 0.4) is 0 Å². The number of thiazole rings is 1. The van der Waals surface area contributed by atoms with Gasteiger partial charge in [0, 0.05) is 36.8 Å². The van der Waals surface area contributed by atoms with Crippen LogP contribution in [0.15, 0.2) is 11.4 Å². The second kappa shape index (κ2) is 7.18. The van der Waals surface area contributed by atoms with Crippen LogP contribution in [0, 0.1) is 0 Å². The van der Waals surface area contributed by atoms with E-state index in [1.165, 1.54) is 22.7 Å². The van der Waals surface area contributed by atoms with Gasteiger partial charge in [-0.2, -0.15) is 0 Å². The number of thiophene rings is 1. The molecular weight excluding hydrogens is 393 g/mol. The SMILES string of the molecule is O=C(CCN1C(=O)CCC1=O)Nc1nc(-c2cc(Cl)sc2Cl)cs1. The Hall–Kier alpha value is -1.48. The molecule has 0 unspecified atom stereocenters. The minimum atomic E-state index is -0.308. The van der Waals surface area contributed by atoms with Crippen LogP contribution in [0.25, 0.3) is 11.3 Å². The largest absolute Gasteiger partial charge is 0.302 e. The maximum atomic E-state index is 12.0. The van der Waals surface area contributed by atoms with Crippen molar-refractivity contribution in [2.75, 3.05) is 11.9 Å². The molecule has 0 aromatic carbocycles. The molecule has 2 aromatic heterocycles. The van der Waals surface area contributed by atoms with Gasteiger partial charge in [-0.1, -0.05) is 23.2 Å². The quantitative estimate of drug-likeness (QED) is 0.772. The Kier molecular flexibility index (Phi) is 5.19. The van der Waals surface area contributed by atoms with Crippen molar-refractivity contribution in [2.45, 2.75) is 19.3 Å². The summed E-state index contributed by atoms with van der Waals surface area (Å²) >= 11 is 14.5. The predicted octanol–water partition coefficient (Wildman–Crippen LogP) is 3.66. The highest BCUT2D eigenvalue weighted by Crippen LogP contribution is 2.38. The minimum absolute atomic E-state index is 0.0391. The number of aromatic nitrogens is 1. The van der Waals surface area contributed by atoms with Crippen molar-refractivity contribution in [2.24, 2.45) is 0 Å². The zero-order chi connectivity index (χ0) is 17.3. The third-order valence-corrected chi connectivity index (χ3v) is 5.65. The summed E-state index contributed by atoms with van der Waals surface area (Å²) in [7, 11) is 0. The number of rotatable bonds is 5. The van der Waals surface area contributed by atoms with Crippen molar-refractivity contribution < 1.29 is 14.4 Å². The molecule has 3 rings (SSSR count). The van der Waals surface area contributed by atoms with E-state index in [2.05, 4.69) is 10.3 Å². The van der Waals surface area contributed by atoms with E-state index < -0.39 is 0 Å². The van der Waals surface area contributed by atoms with E-state index in [4.69, 9.17) is 23.2 Å². The van der Waals surface area contributed by atoms with E-state index in [1.807, 2.05) is 0 Å². The Morgan fingerprint density at radius 2 is 2.00 bits per heavy atom. The number of hydrogen-bond donors (Lipinski definition) is 1. The summed E-state index contributed by atoms with van der Waals surface area (Å²) in [4.78, 5) is 40.4. The summed E-state index contributed by atoms with van der Waals surface area (Å²) in [5.41, 5.74) is 1.35. The van der Waals surface area contributed by atoms with Crippen LogP contribution in [0.4, 0.5) is 5.13 Å². The summed E-state index contributed by atoms with van der Waals surface area (Å²) in [5.74, 6) is -0.764. The van der Waals surface area contributed by atoms with Crippen LogP contribution in [-0.4, -0.2) is 34.2 Å². The predicted molar refractivity (Wildman–Crippen MR) is 94.6 cm³/mol. The van der Waals surface area contributed by atoms with Crippen molar-refractivity contribution in [3.8, 4) is 11.3 Å². The number of carbonyl (C=O) groups excluding carboxylic acids is 3. The first-order chi connectivity index (χ1) is 11.4. The number of nitrogens with one attached hydrogen (secondary N) is 1. The summed E-state index contributed by atoms with van der Waals surface area (Å²) < 4.78 is 1.10. The van der Waals surface area contributed by atoms with E-state index in [0.29, 0.717) is 19.5 Å². The first-order valence-corrected chi connectivity index (χ1v) is 9.43. The maximum absolute atomic E-state index is 12.0. The van der Waals surface area contributed by atoms with Crippen LogP contribution < -0.4 is 5.32 Å². The van der Waals surface area contributed by atoms with E-state index in [1.54, 1.807) is 11.4 Å². The smallest absolute Gasteiger partial charge is 0.229 e. The van der Waals surface area contributed by atoms with Gasteiger partial charge in [0.1, 0.15) is 4.34 Å². The molecular formula is C14H11Cl2N3O3S2. The topological polar surface area (TPSA) is 79.4 Å². The van der Waals surface area contributed by atoms with Crippen molar-refractivity contribution in [3.05, 3.63) is 20.1 Å². The number of nitrogens with zero attached hydrogens (tertiary/aromatic N) is 2. The minimum Gasteiger partial charge on any atom is -0.302 e. The highest BCUT2D eigenvalue weighted by Gasteiger charge is 2.28. The molecule has 0 radical (unpaired) electrons. The molecule has 1 aliphatic rings. The second-order valence-corrected chi connectivity index (χ2v) is 8.16. The van der Waals surface area contributed by atoms with E-state index in [0.717, 1.165) is 10.5 Å².